The van der Waals surface area contributed by atoms with Gasteiger partial charge in [0.2, 0.25) is 0 Å². The zero-order chi connectivity index (χ0) is 14.2. The number of likely N-dealkylation sites (N-methyl/N-ethyl adjacent to an activating group) is 1. The molecule has 2 rings (SSSR count). The van der Waals surface area contributed by atoms with Crippen molar-refractivity contribution in [3.8, 4) is 5.75 Å². The van der Waals surface area contributed by atoms with Crippen LogP contribution in [0, 0.1) is 0 Å². The largest absolute Gasteiger partial charge is 0.489 e. The molecule has 2 nitrogen and oxygen atoms in total. The summed E-state index contributed by atoms with van der Waals surface area (Å²) in [6.07, 6.45) is 9.17. The van der Waals surface area contributed by atoms with Gasteiger partial charge >= 0.3 is 0 Å². The van der Waals surface area contributed by atoms with Crippen LogP contribution in [0.2, 0.25) is 0 Å². The molecule has 20 heavy (non-hydrogen) atoms. The molecule has 1 aromatic rings. The molecule has 0 heterocycles. The average Bonchev–Trinajstić information content (AvgIpc) is 2.46. The van der Waals surface area contributed by atoms with E-state index < -0.39 is 0 Å². The van der Waals surface area contributed by atoms with E-state index in [-0.39, 0.29) is 0 Å². The van der Waals surface area contributed by atoms with Crippen LogP contribution in [0.15, 0.2) is 24.3 Å². The Kier molecular flexibility index (Phi) is 6.38. The molecule has 1 aliphatic rings. The smallest absolute Gasteiger partial charge is 0.119 e. The fourth-order valence-corrected chi connectivity index (χ4v) is 3.07. The Morgan fingerprint density at radius 1 is 1.00 bits per heavy atom. The third-order valence-corrected chi connectivity index (χ3v) is 4.29. The minimum Gasteiger partial charge on any atom is -0.489 e. The first-order chi connectivity index (χ1) is 9.83. The topological polar surface area (TPSA) is 21.3 Å². The summed E-state index contributed by atoms with van der Waals surface area (Å²) in [6, 6.07) is 9.12. The van der Waals surface area contributed by atoms with Crippen molar-refractivity contribution in [3.05, 3.63) is 29.8 Å². The Morgan fingerprint density at radius 3 is 2.35 bits per heavy atom. The van der Waals surface area contributed by atoms with Crippen molar-refractivity contribution < 1.29 is 4.74 Å². The molecular weight excluding hydrogens is 246 g/mol. The Bertz CT molecular complexity index is 374. The van der Waals surface area contributed by atoms with E-state index in [2.05, 4.69) is 43.4 Å². The monoisotopic (exact) mass is 275 g/mol. The van der Waals surface area contributed by atoms with Crippen LogP contribution in [0.25, 0.3) is 0 Å². The van der Waals surface area contributed by atoms with E-state index in [0.717, 1.165) is 18.7 Å². The summed E-state index contributed by atoms with van der Waals surface area (Å²) in [5.41, 5.74) is 1.37. The number of rotatable bonds is 5. The van der Waals surface area contributed by atoms with Crippen molar-refractivity contribution in [1.82, 2.24) is 5.32 Å². The lowest BCUT2D eigenvalue weighted by Gasteiger charge is -2.30. The maximum Gasteiger partial charge on any atom is 0.119 e. The minimum absolute atomic E-state index is 0.322. The molecule has 0 amide bonds. The predicted octanol–water partition coefficient (Wildman–Crippen LogP) is 4.33. The summed E-state index contributed by atoms with van der Waals surface area (Å²) in [4.78, 5) is 0. The van der Waals surface area contributed by atoms with Crippen LogP contribution < -0.4 is 10.1 Å². The van der Waals surface area contributed by atoms with Crippen molar-refractivity contribution in [2.45, 2.75) is 70.9 Å². The second-order valence-corrected chi connectivity index (χ2v) is 5.81. The number of hydrogen-bond acceptors (Lipinski definition) is 2. The SMILES string of the molecule is CCNC1CCCCCCC1Oc1ccc(CC)cc1. The van der Waals surface area contributed by atoms with Gasteiger partial charge in [0, 0.05) is 6.04 Å². The summed E-state index contributed by atoms with van der Waals surface area (Å²) < 4.78 is 6.29. The molecule has 1 N–H and O–H groups in total. The summed E-state index contributed by atoms with van der Waals surface area (Å²) in [7, 11) is 0. The van der Waals surface area contributed by atoms with Gasteiger partial charge in [-0.25, -0.2) is 0 Å². The molecule has 1 aliphatic carbocycles. The van der Waals surface area contributed by atoms with Crippen LogP contribution in [0.4, 0.5) is 0 Å². The minimum atomic E-state index is 0.322. The molecule has 2 heteroatoms. The molecule has 0 saturated heterocycles. The molecule has 1 saturated carbocycles. The lowest BCUT2D eigenvalue weighted by atomic mass is 9.94. The molecule has 2 atom stereocenters. The van der Waals surface area contributed by atoms with Crippen LogP contribution in [0.3, 0.4) is 0 Å². The van der Waals surface area contributed by atoms with Crippen molar-refractivity contribution in [1.29, 1.82) is 0 Å². The first kappa shape index (κ1) is 15.4. The Labute approximate surface area is 123 Å². The zero-order valence-corrected chi connectivity index (χ0v) is 13.0. The fraction of sp³-hybridized carbons (Fsp3) is 0.667. The van der Waals surface area contributed by atoms with E-state index in [9.17, 15) is 0 Å². The molecule has 112 valence electrons. The van der Waals surface area contributed by atoms with Gasteiger partial charge < -0.3 is 10.1 Å². The first-order valence-corrected chi connectivity index (χ1v) is 8.32. The van der Waals surface area contributed by atoms with Gasteiger partial charge in [-0.15, -0.1) is 0 Å². The maximum absolute atomic E-state index is 6.29. The van der Waals surface area contributed by atoms with Gasteiger partial charge in [0.1, 0.15) is 11.9 Å². The van der Waals surface area contributed by atoms with Crippen LogP contribution in [-0.4, -0.2) is 18.7 Å². The van der Waals surface area contributed by atoms with Gasteiger partial charge in [-0.05, 0) is 49.9 Å². The molecule has 0 bridgehead atoms. The molecule has 0 radical (unpaired) electrons. The summed E-state index contributed by atoms with van der Waals surface area (Å²) >= 11 is 0. The second-order valence-electron chi connectivity index (χ2n) is 5.81. The quantitative estimate of drug-likeness (QED) is 0.863. The highest BCUT2D eigenvalue weighted by Gasteiger charge is 2.23. The molecular formula is C18H29NO. The van der Waals surface area contributed by atoms with E-state index >= 15 is 0 Å². The van der Waals surface area contributed by atoms with Gasteiger partial charge in [-0.3, -0.25) is 0 Å². The van der Waals surface area contributed by atoms with E-state index in [1.54, 1.807) is 0 Å². The molecule has 0 aliphatic heterocycles. The molecule has 2 unspecified atom stereocenters. The summed E-state index contributed by atoms with van der Waals surface area (Å²) in [5.74, 6) is 1.02. The number of ether oxygens (including phenoxy) is 1. The van der Waals surface area contributed by atoms with Crippen molar-refractivity contribution >= 4 is 0 Å². The standard InChI is InChI=1S/C18H29NO/c1-3-15-11-13-16(14-12-15)20-18-10-8-6-5-7-9-17(18)19-4-2/h11-14,17-19H,3-10H2,1-2H3. The zero-order valence-electron chi connectivity index (χ0n) is 13.0. The molecule has 0 spiro atoms. The van der Waals surface area contributed by atoms with Crippen LogP contribution in [0.1, 0.15) is 57.9 Å². The highest BCUT2D eigenvalue weighted by atomic mass is 16.5. The van der Waals surface area contributed by atoms with Gasteiger partial charge in [-0.2, -0.15) is 0 Å². The third kappa shape index (κ3) is 4.52. The highest BCUT2D eigenvalue weighted by molar-refractivity contribution is 5.27. The van der Waals surface area contributed by atoms with Crippen LogP contribution >= 0.6 is 0 Å². The fourth-order valence-electron chi connectivity index (χ4n) is 3.07. The highest BCUT2D eigenvalue weighted by Crippen LogP contribution is 2.23. The maximum atomic E-state index is 6.29. The second kappa shape index (κ2) is 8.31. The Morgan fingerprint density at radius 2 is 1.70 bits per heavy atom. The van der Waals surface area contributed by atoms with Gasteiger partial charge in [0.05, 0.1) is 0 Å². The third-order valence-electron chi connectivity index (χ3n) is 4.29. The van der Waals surface area contributed by atoms with Crippen molar-refractivity contribution in [2.24, 2.45) is 0 Å². The number of benzene rings is 1. The summed E-state index contributed by atoms with van der Waals surface area (Å²) in [6.45, 7) is 5.40. The predicted molar refractivity (Wildman–Crippen MR) is 85.4 cm³/mol. The Hall–Kier alpha value is -1.02. The van der Waals surface area contributed by atoms with E-state index in [1.807, 2.05) is 0 Å². The molecule has 0 aromatic heterocycles. The number of hydrogen-bond donors (Lipinski definition) is 1. The Balaban J connectivity index is 2.00. The lowest BCUT2D eigenvalue weighted by Crippen LogP contribution is -2.43. The van der Waals surface area contributed by atoms with Crippen molar-refractivity contribution in [2.75, 3.05) is 6.54 Å². The van der Waals surface area contributed by atoms with Gasteiger partial charge in [0.25, 0.3) is 0 Å². The molecule has 1 aromatic carbocycles. The molecule has 1 fully saturated rings. The van der Waals surface area contributed by atoms with E-state index in [1.165, 1.54) is 44.1 Å². The lowest BCUT2D eigenvalue weighted by molar-refractivity contribution is 0.128. The average molecular weight is 275 g/mol. The van der Waals surface area contributed by atoms with Crippen LogP contribution in [0.5, 0.6) is 5.75 Å². The summed E-state index contributed by atoms with van der Waals surface area (Å²) in [5, 5.41) is 3.62. The number of aryl methyl sites for hydroxylation is 1. The van der Waals surface area contributed by atoms with E-state index in [4.69, 9.17) is 4.74 Å². The first-order valence-electron chi connectivity index (χ1n) is 8.32. The van der Waals surface area contributed by atoms with E-state index in [0.29, 0.717) is 12.1 Å². The van der Waals surface area contributed by atoms with Gasteiger partial charge in [0.15, 0.2) is 0 Å². The van der Waals surface area contributed by atoms with Crippen LogP contribution in [-0.2, 0) is 6.42 Å². The number of nitrogens with one attached hydrogen (secondary N) is 1. The van der Waals surface area contributed by atoms with Crippen molar-refractivity contribution in [3.63, 3.8) is 0 Å². The van der Waals surface area contributed by atoms with Gasteiger partial charge in [-0.1, -0.05) is 45.2 Å². The normalized spacial score (nSPS) is 23.9.